The molecule has 0 radical (unpaired) electrons. The van der Waals surface area contributed by atoms with Crippen molar-refractivity contribution in [3.8, 4) is 0 Å². The van der Waals surface area contributed by atoms with E-state index in [1.54, 1.807) is 0 Å². The third-order valence-electron chi connectivity index (χ3n) is 4.46. The first-order valence-electron chi connectivity index (χ1n) is 8.36. The monoisotopic (exact) mass is 323 g/mol. The number of likely N-dealkylation sites (tertiary alicyclic amines) is 1. The summed E-state index contributed by atoms with van der Waals surface area (Å²) in [4.78, 5) is 16.8. The molecule has 0 bridgehead atoms. The van der Waals surface area contributed by atoms with Crippen molar-refractivity contribution in [3.63, 3.8) is 0 Å². The maximum atomic E-state index is 12.5. The Morgan fingerprint density at radius 1 is 1.22 bits per heavy atom. The van der Waals surface area contributed by atoms with E-state index in [1.807, 2.05) is 4.90 Å². The molecule has 23 heavy (non-hydrogen) atoms. The third kappa shape index (κ3) is 4.38. The zero-order valence-corrected chi connectivity index (χ0v) is 13.4. The van der Waals surface area contributed by atoms with E-state index in [0.29, 0.717) is 19.7 Å². The van der Waals surface area contributed by atoms with E-state index >= 15 is 0 Å². The maximum Gasteiger partial charge on any atom is 0.244 e. The van der Waals surface area contributed by atoms with Crippen LogP contribution in [0.5, 0.6) is 0 Å². The van der Waals surface area contributed by atoms with Gasteiger partial charge in [0.1, 0.15) is 6.54 Å². The summed E-state index contributed by atoms with van der Waals surface area (Å²) in [6, 6.07) is 0. The minimum atomic E-state index is -0.0156. The van der Waals surface area contributed by atoms with Crippen LogP contribution in [-0.2, 0) is 16.1 Å². The molecule has 0 saturated carbocycles. The smallest absolute Gasteiger partial charge is 0.244 e. The zero-order chi connectivity index (χ0) is 16.1. The molecule has 1 aromatic heterocycles. The number of anilines is 1. The largest absolute Gasteiger partial charge is 0.375 e. The number of rotatable bonds is 4. The van der Waals surface area contributed by atoms with Crippen LogP contribution in [0, 0.1) is 0 Å². The zero-order valence-electron chi connectivity index (χ0n) is 13.4. The summed E-state index contributed by atoms with van der Waals surface area (Å²) in [6.07, 6.45) is 4.76. The highest BCUT2D eigenvalue weighted by Gasteiger charge is 2.25. The second-order valence-corrected chi connectivity index (χ2v) is 6.24. The number of nitrogens with zero attached hydrogens (tertiary/aromatic N) is 6. The van der Waals surface area contributed by atoms with Crippen LogP contribution in [0.1, 0.15) is 25.7 Å². The van der Waals surface area contributed by atoms with Crippen molar-refractivity contribution in [1.29, 1.82) is 0 Å². The second-order valence-electron chi connectivity index (χ2n) is 6.24. The molecule has 3 heterocycles. The van der Waals surface area contributed by atoms with Gasteiger partial charge in [0.2, 0.25) is 11.9 Å². The molecule has 1 atom stereocenters. The van der Waals surface area contributed by atoms with Crippen molar-refractivity contribution in [2.45, 2.75) is 38.3 Å². The number of nitrogen functional groups attached to an aromatic ring is 1. The summed E-state index contributed by atoms with van der Waals surface area (Å²) < 4.78 is 7.26. The molecular weight excluding hydrogens is 298 g/mol. The van der Waals surface area contributed by atoms with Crippen LogP contribution in [0.4, 0.5) is 5.95 Å². The van der Waals surface area contributed by atoms with Gasteiger partial charge in [-0.25, -0.2) is 4.68 Å². The van der Waals surface area contributed by atoms with Crippen molar-refractivity contribution < 1.29 is 9.53 Å². The molecule has 2 aliphatic rings. The molecule has 2 fully saturated rings. The highest BCUT2D eigenvalue weighted by atomic mass is 16.5. The molecule has 2 N–H and O–H groups in total. The van der Waals surface area contributed by atoms with Crippen molar-refractivity contribution in [2.24, 2.45) is 0 Å². The van der Waals surface area contributed by atoms with Crippen LogP contribution in [-0.4, -0.2) is 81.3 Å². The van der Waals surface area contributed by atoms with Crippen molar-refractivity contribution in [3.05, 3.63) is 0 Å². The average Bonchev–Trinajstić information content (AvgIpc) is 2.82. The molecule has 0 aromatic carbocycles. The van der Waals surface area contributed by atoms with Gasteiger partial charge in [0.25, 0.3) is 0 Å². The quantitative estimate of drug-likeness (QED) is 0.786. The van der Waals surface area contributed by atoms with E-state index in [-0.39, 0.29) is 24.5 Å². The third-order valence-corrected chi connectivity index (χ3v) is 4.46. The first kappa shape index (κ1) is 16.1. The summed E-state index contributed by atoms with van der Waals surface area (Å²) >= 11 is 0. The first-order chi connectivity index (χ1) is 11.2. The number of ether oxygens (including phenoxy) is 1. The van der Waals surface area contributed by atoms with Gasteiger partial charge in [0.05, 0.1) is 6.10 Å². The lowest BCUT2D eigenvalue weighted by atomic mass is 10.1. The lowest BCUT2D eigenvalue weighted by molar-refractivity contribution is -0.133. The van der Waals surface area contributed by atoms with Crippen LogP contribution in [0.25, 0.3) is 0 Å². The fourth-order valence-corrected chi connectivity index (χ4v) is 3.21. The van der Waals surface area contributed by atoms with Gasteiger partial charge < -0.3 is 20.3 Å². The average molecular weight is 323 g/mol. The van der Waals surface area contributed by atoms with Gasteiger partial charge >= 0.3 is 0 Å². The van der Waals surface area contributed by atoms with E-state index in [0.717, 1.165) is 26.1 Å². The lowest BCUT2D eigenvalue weighted by Gasteiger charge is -2.31. The number of piperidine rings is 1. The van der Waals surface area contributed by atoms with E-state index in [1.165, 1.54) is 23.9 Å². The molecule has 0 unspecified atom stereocenters. The molecule has 9 nitrogen and oxygen atoms in total. The number of carbonyl (C=O) groups is 1. The van der Waals surface area contributed by atoms with Gasteiger partial charge in [-0.05, 0) is 42.8 Å². The highest BCUT2D eigenvalue weighted by Crippen LogP contribution is 2.13. The Bertz CT molecular complexity index is 515. The summed E-state index contributed by atoms with van der Waals surface area (Å²) in [5.74, 6) is 0.146. The SMILES string of the molecule is Nc1nnnn1CC(=O)N1CCCO[C@@H](CN2CCCCC2)C1. The highest BCUT2D eigenvalue weighted by molar-refractivity contribution is 5.76. The Balaban J connectivity index is 1.55. The minimum Gasteiger partial charge on any atom is -0.375 e. The van der Waals surface area contributed by atoms with Gasteiger partial charge in [-0.1, -0.05) is 11.5 Å². The molecule has 2 saturated heterocycles. The Kier molecular flexibility index (Phi) is 5.39. The van der Waals surface area contributed by atoms with Crippen molar-refractivity contribution >= 4 is 11.9 Å². The van der Waals surface area contributed by atoms with Crippen molar-refractivity contribution in [1.82, 2.24) is 30.0 Å². The normalized spacial score (nSPS) is 23.7. The fraction of sp³-hybridized carbons (Fsp3) is 0.857. The molecule has 9 heteroatoms. The summed E-state index contributed by atoms with van der Waals surface area (Å²) in [5.41, 5.74) is 5.62. The second kappa shape index (κ2) is 7.69. The van der Waals surface area contributed by atoms with Gasteiger partial charge in [0.15, 0.2) is 0 Å². The predicted molar refractivity (Wildman–Crippen MR) is 83.5 cm³/mol. The van der Waals surface area contributed by atoms with Crippen molar-refractivity contribution in [2.75, 3.05) is 45.1 Å². The minimum absolute atomic E-state index is 0.0156. The van der Waals surface area contributed by atoms with Gasteiger partial charge in [-0.3, -0.25) is 4.79 Å². The fourth-order valence-electron chi connectivity index (χ4n) is 3.21. The summed E-state index contributed by atoms with van der Waals surface area (Å²) in [5, 5.41) is 10.8. The number of hydrogen-bond donors (Lipinski definition) is 1. The number of carbonyl (C=O) groups excluding carboxylic acids is 1. The van der Waals surface area contributed by atoms with Crippen LogP contribution in [0.3, 0.4) is 0 Å². The summed E-state index contributed by atoms with van der Waals surface area (Å²) in [7, 11) is 0. The first-order valence-corrected chi connectivity index (χ1v) is 8.36. The van der Waals surface area contributed by atoms with Gasteiger partial charge in [-0.2, -0.15) is 0 Å². The van der Waals surface area contributed by atoms with Gasteiger partial charge in [-0.15, -0.1) is 0 Å². The molecule has 0 aliphatic carbocycles. The maximum absolute atomic E-state index is 12.5. The van der Waals surface area contributed by atoms with E-state index in [2.05, 4.69) is 20.4 Å². The van der Waals surface area contributed by atoms with E-state index in [9.17, 15) is 4.79 Å². The number of aromatic nitrogens is 4. The van der Waals surface area contributed by atoms with Crippen LogP contribution in [0.15, 0.2) is 0 Å². The molecule has 0 spiro atoms. The Hall–Kier alpha value is -1.74. The molecular formula is C14H25N7O2. The molecule has 1 aromatic rings. The Morgan fingerprint density at radius 3 is 2.78 bits per heavy atom. The summed E-state index contributed by atoms with van der Waals surface area (Å²) in [6.45, 7) is 5.28. The lowest BCUT2D eigenvalue weighted by Crippen LogP contribution is -2.44. The molecule has 3 rings (SSSR count). The van der Waals surface area contributed by atoms with Crippen LogP contribution in [0.2, 0.25) is 0 Å². The standard InChI is InChI=1S/C14H25N7O2/c15-14-16-17-18-21(14)11-13(22)20-7-4-8-23-12(10-20)9-19-5-2-1-3-6-19/h12H,1-11H2,(H2,15,16,18)/t12-/m0/s1. The molecule has 2 aliphatic heterocycles. The Labute approximate surface area is 135 Å². The van der Waals surface area contributed by atoms with E-state index < -0.39 is 0 Å². The Morgan fingerprint density at radius 2 is 2.04 bits per heavy atom. The number of nitrogens with two attached hydrogens (primary N) is 1. The molecule has 1 amide bonds. The number of tetrazole rings is 1. The topological polar surface area (TPSA) is 102 Å². The molecule has 128 valence electrons. The van der Waals surface area contributed by atoms with Gasteiger partial charge in [0, 0.05) is 26.2 Å². The van der Waals surface area contributed by atoms with Crippen LogP contribution < -0.4 is 5.73 Å². The predicted octanol–water partition coefficient (Wildman–Crippen LogP) is -0.641. The van der Waals surface area contributed by atoms with Crippen LogP contribution >= 0.6 is 0 Å². The number of hydrogen-bond acceptors (Lipinski definition) is 7. The van der Waals surface area contributed by atoms with E-state index in [4.69, 9.17) is 10.5 Å². The number of amides is 1.